The summed E-state index contributed by atoms with van der Waals surface area (Å²) in [4.78, 5) is 0. The average molecular weight is 1110 g/mol. The fraction of sp³-hybridized carbons (Fsp3) is 1.00. The zero-order valence-electron chi connectivity index (χ0n) is 29.9. The van der Waals surface area contributed by atoms with Gasteiger partial charge in [0.1, 0.15) is 6.10 Å². The summed E-state index contributed by atoms with van der Waals surface area (Å²) >= 11 is 0. The van der Waals surface area contributed by atoms with Crippen LogP contribution in [0.15, 0.2) is 0 Å². The van der Waals surface area contributed by atoms with Crippen LogP contribution in [0.4, 0.5) is 149 Å². The lowest BCUT2D eigenvalue weighted by Crippen LogP contribution is -2.74. The van der Waals surface area contributed by atoms with Gasteiger partial charge in [-0.1, -0.05) is 6.92 Å². The monoisotopic (exact) mass is 1110 g/mol. The van der Waals surface area contributed by atoms with Crippen LogP contribution in [0, 0.1) is 0 Å². The molecule has 6 nitrogen and oxygen atoms in total. The highest BCUT2D eigenvalue weighted by molar-refractivity contribution is 7.87. The minimum atomic E-state index is -9.09. The van der Waals surface area contributed by atoms with Crippen molar-refractivity contribution in [3.8, 4) is 0 Å². The molecule has 0 N–H and O–H groups in total. The number of hydrogen-bond acceptors (Lipinski definition) is 6. The van der Waals surface area contributed by atoms with E-state index in [1.807, 2.05) is 0 Å². The van der Waals surface area contributed by atoms with E-state index in [1.54, 1.807) is 0 Å². The Balaban J connectivity index is 6.33. The van der Waals surface area contributed by atoms with Crippen LogP contribution in [0.5, 0.6) is 0 Å². The molecule has 0 aromatic rings. The summed E-state index contributed by atoms with van der Waals surface area (Å²) in [7, 11) is -12.7. The van der Waals surface area contributed by atoms with Gasteiger partial charge in [0, 0.05) is 12.8 Å². The molecule has 0 aromatic heterocycles. The Bertz CT molecular complexity index is 1920. The SMILES string of the molecule is CCC(COS(=O)(=O)CCC(F)(F)C(F)(F)C(F)(F)C(F)(F)C(F)(F)C(F)(F)C(F)(F)C(F)(F)F)OS(=O)(=O)CCC(F)(F)C(F)(F)C(F)(F)C(F)(F)C(F)(F)C(F)(F)C(F)(F)C(F)(F)F. The van der Waals surface area contributed by atoms with Gasteiger partial charge in [-0.3, -0.25) is 8.37 Å². The third-order valence-corrected chi connectivity index (χ3v) is 10.5. The first-order valence-corrected chi connectivity index (χ1v) is 18.4. The van der Waals surface area contributed by atoms with Gasteiger partial charge in [-0.15, -0.1) is 0 Å². The Morgan fingerprint density at radius 1 is 0.333 bits per heavy atom. The second-order valence-corrected chi connectivity index (χ2v) is 16.2. The third kappa shape index (κ3) is 9.92. The fourth-order valence-electron chi connectivity index (χ4n) is 3.92. The summed E-state index contributed by atoms with van der Waals surface area (Å²) in [5.41, 5.74) is 0. The Morgan fingerprint density at radius 3 is 0.773 bits per heavy atom. The highest BCUT2D eigenvalue weighted by atomic mass is 32.2. The lowest BCUT2D eigenvalue weighted by atomic mass is 9.88. The van der Waals surface area contributed by atoms with Gasteiger partial charge in [-0.25, -0.2) is 0 Å². The molecule has 0 spiro atoms. The molecule has 0 aliphatic heterocycles. The first kappa shape index (κ1) is 63.4. The van der Waals surface area contributed by atoms with Crippen LogP contribution in [0.1, 0.15) is 26.2 Å². The van der Waals surface area contributed by atoms with Crippen LogP contribution in [0.25, 0.3) is 0 Å². The van der Waals surface area contributed by atoms with Crippen molar-refractivity contribution < 1.29 is 174 Å². The van der Waals surface area contributed by atoms with Crippen LogP contribution >= 0.6 is 0 Å². The van der Waals surface area contributed by atoms with E-state index in [0.29, 0.717) is 6.92 Å². The topological polar surface area (TPSA) is 86.7 Å². The molecule has 0 radical (unpaired) electrons. The van der Waals surface area contributed by atoms with E-state index in [9.17, 15) is 166 Å². The van der Waals surface area contributed by atoms with Gasteiger partial charge in [-0.2, -0.15) is 166 Å². The molecule has 0 amide bonds. The fourth-order valence-corrected chi connectivity index (χ4v) is 6.11. The van der Waals surface area contributed by atoms with E-state index in [0.717, 1.165) is 0 Å². The Morgan fingerprint density at radius 2 is 0.545 bits per heavy atom. The molecule has 0 rings (SSSR count). The molecule has 0 aliphatic rings. The maximum Gasteiger partial charge on any atom is 0.460 e. The van der Waals surface area contributed by atoms with Gasteiger partial charge in [0.05, 0.1) is 18.1 Å². The number of rotatable bonds is 24. The Labute approximate surface area is 341 Å². The molecule has 0 aliphatic carbocycles. The van der Waals surface area contributed by atoms with E-state index in [-0.39, 0.29) is 0 Å². The second kappa shape index (κ2) is 17.4. The second-order valence-electron chi connectivity index (χ2n) is 12.7. The van der Waals surface area contributed by atoms with Crippen LogP contribution in [0.3, 0.4) is 0 Å². The molecular weight excluding hydrogens is 1090 g/mol. The molecule has 398 valence electrons. The van der Waals surface area contributed by atoms with E-state index in [4.69, 9.17) is 0 Å². The molecule has 0 fully saturated rings. The van der Waals surface area contributed by atoms with Crippen molar-refractivity contribution in [2.75, 3.05) is 18.1 Å². The van der Waals surface area contributed by atoms with Crippen LogP contribution < -0.4 is 0 Å². The van der Waals surface area contributed by atoms with Gasteiger partial charge in [0.2, 0.25) is 0 Å². The van der Waals surface area contributed by atoms with Crippen molar-refractivity contribution in [1.82, 2.24) is 0 Å². The summed E-state index contributed by atoms with van der Waals surface area (Å²) < 4.78 is 510. The molecule has 66 heavy (non-hydrogen) atoms. The molecule has 1 atom stereocenters. The van der Waals surface area contributed by atoms with Gasteiger partial charge >= 0.3 is 95.3 Å². The zero-order valence-corrected chi connectivity index (χ0v) is 31.6. The Kier molecular flexibility index (Phi) is 16.7. The smallest absolute Gasteiger partial charge is 0.267 e. The molecular formula is C24H16F34O6S2. The van der Waals surface area contributed by atoms with Crippen LogP contribution in [-0.2, 0) is 28.6 Å². The maximum absolute atomic E-state index is 14.1. The first-order valence-electron chi connectivity index (χ1n) is 15.3. The van der Waals surface area contributed by atoms with Gasteiger partial charge < -0.3 is 0 Å². The number of hydrogen-bond donors (Lipinski definition) is 0. The highest BCUT2D eigenvalue weighted by Crippen LogP contribution is 2.66. The predicted molar refractivity (Wildman–Crippen MR) is 139 cm³/mol. The largest absolute Gasteiger partial charge is 0.460 e. The summed E-state index contributed by atoms with van der Waals surface area (Å²) in [6, 6.07) is 0. The van der Waals surface area contributed by atoms with Crippen molar-refractivity contribution >= 4 is 20.2 Å². The van der Waals surface area contributed by atoms with Gasteiger partial charge in [0.25, 0.3) is 20.2 Å². The van der Waals surface area contributed by atoms with Crippen molar-refractivity contribution in [2.45, 2.75) is 128 Å². The van der Waals surface area contributed by atoms with Crippen molar-refractivity contribution in [2.24, 2.45) is 0 Å². The van der Waals surface area contributed by atoms with E-state index in [2.05, 4.69) is 8.37 Å². The molecule has 0 saturated heterocycles. The van der Waals surface area contributed by atoms with Gasteiger partial charge in [0.15, 0.2) is 0 Å². The maximum atomic E-state index is 14.1. The van der Waals surface area contributed by atoms with Crippen molar-refractivity contribution in [3.63, 3.8) is 0 Å². The summed E-state index contributed by atoms with van der Waals surface area (Å²) in [6.45, 7) is -1.74. The summed E-state index contributed by atoms with van der Waals surface area (Å²) in [5.74, 6) is -127. The average Bonchev–Trinajstić information content (AvgIpc) is 3.09. The van der Waals surface area contributed by atoms with Crippen molar-refractivity contribution in [1.29, 1.82) is 0 Å². The molecule has 0 saturated carbocycles. The van der Waals surface area contributed by atoms with Crippen LogP contribution in [0.2, 0.25) is 0 Å². The Hall–Kier alpha value is -2.56. The lowest BCUT2D eigenvalue weighted by Gasteiger charge is -2.42. The number of alkyl halides is 34. The van der Waals surface area contributed by atoms with E-state index < -0.39 is 159 Å². The standard InChI is InChI=1S/C24H16F34O6S2/c1-2-8(64-66(61,62)6-4-10(27,28)12(31,32)14(35,36)16(39,40)18(43,44)20(47,48)22(51,52)24(56,57)58)7-63-65(59,60)5-3-9(25,26)11(29,30)13(33,34)15(37,38)17(41,42)19(45,46)21(49,50)23(53,54)55/h8H,2-7H2,1H3. The summed E-state index contributed by atoms with van der Waals surface area (Å²) in [5, 5.41) is 0. The molecule has 0 heterocycles. The minimum Gasteiger partial charge on any atom is -0.267 e. The van der Waals surface area contributed by atoms with Crippen LogP contribution in [-0.4, -0.2) is 136 Å². The van der Waals surface area contributed by atoms with E-state index in [1.165, 1.54) is 0 Å². The molecule has 1 unspecified atom stereocenters. The molecule has 42 heteroatoms. The lowest BCUT2D eigenvalue weighted by molar-refractivity contribution is -0.461. The predicted octanol–water partition coefficient (Wildman–Crippen LogP) is 11.3. The van der Waals surface area contributed by atoms with E-state index >= 15 is 0 Å². The van der Waals surface area contributed by atoms with Gasteiger partial charge in [-0.05, 0) is 6.42 Å². The molecule has 0 aromatic carbocycles. The highest BCUT2D eigenvalue weighted by Gasteiger charge is 2.97. The van der Waals surface area contributed by atoms with Crippen molar-refractivity contribution in [3.05, 3.63) is 0 Å². The summed E-state index contributed by atoms with van der Waals surface area (Å²) in [6.07, 6.45) is -27.7. The normalized spacial score (nSPS) is 17.1. The molecule has 0 bridgehead atoms. The quantitative estimate of drug-likeness (QED) is 0.0707. The third-order valence-electron chi connectivity index (χ3n) is 8.08. The number of halogens is 34. The zero-order chi connectivity index (χ0) is 54.2. The minimum absolute atomic E-state index is 0.501. The first-order chi connectivity index (χ1) is 28.1.